The molecule has 1 amide bonds. The van der Waals surface area contributed by atoms with Gasteiger partial charge in [0.05, 0.1) is 19.2 Å². The third-order valence-corrected chi connectivity index (χ3v) is 4.36. The molecule has 0 saturated heterocycles. The Bertz CT molecular complexity index is 853. The number of nitrogens with one attached hydrogen (secondary N) is 2. The van der Waals surface area contributed by atoms with E-state index >= 15 is 0 Å². The van der Waals surface area contributed by atoms with Crippen LogP contribution in [0.3, 0.4) is 0 Å². The van der Waals surface area contributed by atoms with E-state index in [1.807, 2.05) is 24.3 Å². The summed E-state index contributed by atoms with van der Waals surface area (Å²) in [6, 6.07) is 7.53. The SMILES string of the molecule is COc1ccc(CNC(=O)CSc2nc(Cl)nc3nc[nH]c23)cc1. The van der Waals surface area contributed by atoms with E-state index in [-0.39, 0.29) is 16.9 Å². The second-order valence-corrected chi connectivity index (χ2v) is 6.11. The van der Waals surface area contributed by atoms with E-state index in [1.54, 1.807) is 7.11 Å². The zero-order valence-electron chi connectivity index (χ0n) is 12.7. The second-order valence-electron chi connectivity index (χ2n) is 4.81. The van der Waals surface area contributed by atoms with Crippen molar-refractivity contribution in [3.05, 3.63) is 41.4 Å². The zero-order valence-corrected chi connectivity index (χ0v) is 14.3. The van der Waals surface area contributed by atoms with Crippen molar-refractivity contribution in [2.45, 2.75) is 11.6 Å². The molecule has 0 radical (unpaired) electrons. The number of ether oxygens (including phenoxy) is 1. The first-order chi connectivity index (χ1) is 11.7. The van der Waals surface area contributed by atoms with E-state index in [0.717, 1.165) is 11.3 Å². The van der Waals surface area contributed by atoms with Crippen LogP contribution in [0.1, 0.15) is 5.56 Å². The van der Waals surface area contributed by atoms with Crippen molar-refractivity contribution >= 4 is 40.4 Å². The van der Waals surface area contributed by atoms with Gasteiger partial charge in [-0.1, -0.05) is 23.9 Å². The van der Waals surface area contributed by atoms with Crippen molar-refractivity contribution in [2.24, 2.45) is 0 Å². The maximum atomic E-state index is 12.0. The maximum Gasteiger partial charge on any atom is 0.230 e. The predicted molar refractivity (Wildman–Crippen MR) is 92.3 cm³/mol. The van der Waals surface area contributed by atoms with Crippen LogP contribution in [-0.2, 0) is 11.3 Å². The normalized spacial score (nSPS) is 10.8. The Balaban J connectivity index is 1.55. The lowest BCUT2D eigenvalue weighted by Gasteiger charge is -2.06. The maximum absolute atomic E-state index is 12.0. The number of amides is 1. The summed E-state index contributed by atoms with van der Waals surface area (Å²) in [7, 11) is 1.62. The van der Waals surface area contributed by atoms with Crippen molar-refractivity contribution in [2.75, 3.05) is 12.9 Å². The number of methoxy groups -OCH3 is 1. The van der Waals surface area contributed by atoms with Crippen LogP contribution < -0.4 is 10.1 Å². The lowest BCUT2D eigenvalue weighted by atomic mass is 10.2. The molecule has 3 aromatic rings. The number of carbonyl (C=O) groups is 1. The molecule has 0 fully saturated rings. The van der Waals surface area contributed by atoms with Crippen LogP contribution in [0.15, 0.2) is 35.6 Å². The lowest BCUT2D eigenvalue weighted by Crippen LogP contribution is -2.24. The summed E-state index contributed by atoms with van der Waals surface area (Å²) in [5, 5.41) is 3.57. The van der Waals surface area contributed by atoms with Gasteiger partial charge in [0, 0.05) is 6.54 Å². The topological polar surface area (TPSA) is 92.8 Å². The van der Waals surface area contributed by atoms with Crippen LogP contribution in [0, 0.1) is 0 Å². The fourth-order valence-corrected chi connectivity index (χ4v) is 3.04. The van der Waals surface area contributed by atoms with Crippen LogP contribution in [0.25, 0.3) is 11.2 Å². The van der Waals surface area contributed by atoms with Crippen LogP contribution in [-0.4, -0.2) is 38.7 Å². The lowest BCUT2D eigenvalue weighted by molar-refractivity contribution is -0.118. The van der Waals surface area contributed by atoms with Gasteiger partial charge in [0.2, 0.25) is 11.2 Å². The molecule has 0 aliphatic rings. The Morgan fingerprint density at radius 3 is 2.88 bits per heavy atom. The number of halogens is 1. The van der Waals surface area contributed by atoms with Crippen molar-refractivity contribution in [1.82, 2.24) is 25.3 Å². The average Bonchev–Trinajstić information content (AvgIpc) is 3.06. The zero-order chi connectivity index (χ0) is 16.9. The Hall–Kier alpha value is -2.32. The smallest absolute Gasteiger partial charge is 0.230 e. The van der Waals surface area contributed by atoms with Crippen LogP contribution in [0.4, 0.5) is 0 Å². The van der Waals surface area contributed by atoms with Gasteiger partial charge >= 0.3 is 0 Å². The molecule has 7 nitrogen and oxygen atoms in total. The van der Waals surface area contributed by atoms with Crippen molar-refractivity contribution < 1.29 is 9.53 Å². The van der Waals surface area contributed by atoms with Crippen LogP contribution in [0.2, 0.25) is 5.28 Å². The molecule has 0 saturated carbocycles. The van der Waals surface area contributed by atoms with Crippen molar-refractivity contribution in [1.29, 1.82) is 0 Å². The van der Waals surface area contributed by atoms with E-state index in [1.165, 1.54) is 18.1 Å². The molecule has 2 heterocycles. The first-order valence-corrected chi connectivity index (χ1v) is 8.41. The summed E-state index contributed by atoms with van der Waals surface area (Å²) in [6.45, 7) is 0.452. The monoisotopic (exact) mass is 363 g/mol. The average molecular weight is 364 g/mol. The highest BCUT2D eigenvalue weighted by Gasteiger charge is 2.11. The van der Waals surface area contributed by atoms with E-state index in [2.05, 4.69) is 25.3 Å². The molecule has 3 rings (SSSR count). The molecular formula is C15H14ClN5O2S. The number of carbonyl (C=O) groups excluding carboxylic acids is 1. The number of hydrogen-bond donors (Lipinski definition) is 2. The quantitative estimate of drug-likeness (QED) is 0.397. The number of aromatic amines is 1. The fraction of sp³-hybridized carbons (Fsp3) is 0.200. The molecule has 24 heavy (non-hydrogen) atoms. The summed E-state index contributed by atoms with van der Waals surface area (Å²) in [6.07, 6.45) is 1.52. The molecule has 2 aromatic heterocycles. The molecule has 0 unspecified atom stereocenters. The number of nitrogens with zero attached hydrogens (tertiary/aromatic N) is 3. The van der Waals surface area contributed by atoms with E-state index in [9.17, 15) is 4.79 Å². The van der Waals surface area contributed by atoms with Gasteiger partial charge in [0.25, 0.3) is 0 Å². The van der Waals surface area contributed by atoms with Crippen LogP contribution in [0.5, 0.6) is 5.75 Å². The predicted octanol–water partition coefficient (Wildman–Crippen LogP) is 2.42. The first-order valence-electron chi connectivity index (χ1n) is 7.05. The van der Waals surface area contributed by atoms with Gasteiger partial charge in [-0.15, -0.1) is 0 Å². The fourth-order valence-electron chi connectivity index (χ4n) is 2.01. The number of hydrogen-bond acceptors (Lipinski definition) is 6. The van der Waals surface area contributed by atoms with Crippen molar-refractivity contribution in [3.8, 4) is 5.75 Å². The number of H-pyrrole nitrogens is 1. The Kier molecular flexibility index (Phi) is 5.17. The minimum absolute atomic E-state index is 0.0989. The minimum Gasteiger partial charge on any atom is -0.497 e. The number of benzene rings is 1. The highest BCUT2D eigenvalue weighted by molar-refractivity contribution is 8.00. The molecule has 124 valence electrons. The molecule has 0 spiro atoms. The van der Waals surface area contributed by atoms with E-state index < -0.39 is 0 Å². The summed E-state index contributed by atoms with van der Waals surface area (Å²) in [5.41, 5.74) is 2.15. The standard InChI is InChI=1S/C15H14ClN5O2S/c1-23-10-4-2-9(3-5-10)6-17-11(22)7-24-14-12-13(19-8-18-12)20-15(16)21-14/h2-5,8H,6-7H2,1H3,(H,17,22)(H,18,19,20,21). The molecule has 0 aliphatic carbocycles. The van der Waals surface area contributed by atoms with Gasteiger partial charge in [0.15, 0.2) is 5.65 Å². The molecule has 0 bridgehead atoms. The minimum atomic E-state index is -0.0989. The Morgan fingerprint density at radius 2 is 2.12 bits per heavy atom. The Morgan fingerprint density at radius 1 is 1.33 bits per heavy atom. The van der Waals surface area contributed by atoms with Gasteiger partial charge in [-0.3, -0.25) is 4.79 Å². The number of rotatable bonds is 6. The van der Waals surface area contributed by atoms with Gasteiger partial charge in [-0.2, -0.15) is 4.98 Å². The second kappa shape index (κ2) is 7.50. The van der Waals surface area contributed by atoms with Gasteiger partial charge in [0.1, 0.15) is 16.3 Å². The number of thioether (sulfide) groups is 1. The number of imidazole rings is 1. The van der Waals surface area contributed by atoms with Crippen LogP contribution >= 0.6 is 23.4 Å². The van der Waals surface area contributed by atoms with Gasteiger partial charge in [-0.25, -0.2) is 9.97 Å². The largest absolute Gasteiger partial charge is 0.497 e. The molecular weight excluding hydrogens is 350 g/mol. The third kappa shape index (κ3) is 3.95. The third-order valence-electron chi connectivity index (χ3n) is 3.21. The number of fused-ring (bicyclic) bond motifs is 1. The number of aromatic nitrogens is 4. The summed E-state index contributed by atoms with van der Waals surface area (Å²) < 4.78 is 5.10. The van der Waals surface area contributed by atoms with Gasteiger partial charge in [-0.05, 0) is 29.3 Å². The molecule has 1 aromatic carbocycles. The summed E-state index contributed by atoms with van der Waals surface area (Å²) in [5.74, 6) is 0.903. The Labute approximate surface area is 147 Å². The highest BCUT2D eigenvalue weighted by atomic mass is 35.5. The van der Waals surface area contributed by atoms with E-state index in [0.29, 0.717) is 22.7 Å². The first kappa shape index (κ1) is 16.5. The molecule has 0 aliphatic heterocycles. The molecule has 0 atom stereocenters. The summed E-state index contributed by atoms with van der Waals surface area (Å²) in [4.78, 5) is 27.1. The molecule has 9 heteroatoms. The van der Waals surface area contributed by atoms with E-state index in [4.69, 9.17) is 16.3 Å². The van der Waals surface area contributed by atoms with Crippen molar-refractivity contribution in [3.63, 3.8) is 0 Å². The summed E-state index contributed by atoms with van der Waals surface area (Å²) >= 11 is 7.14. The highest BCUT2D eigenvalue weighted by Crippen LogP contribution is 2.24. The molecule has 2 N–H and O–H groups in total. The van der Waals surface area contributed by atoms with Gasteiger partial charge < -0.3 is 15.0 Å².